The highest BCUT2D eigenvalue weighted by molar-refractivity contribution is 5.91. The molecule has 0 radical (unpaired) electrons. The maximum atomic E-state index is 12.2. The number of methoxy groups -OCH3 is 5. The molecule has 28 heavy (non-hydrogen) atoms. The fraction of sp³-hybridized carbons (Fsp3) is 0.350. The molecular weight excluding hydrogens is 364 g/mol. The third-order valence-electron chi connectivity index (χ3n) is 4.12. The molecule has 0 saturated carbocycles. The predicted octanol–water partition coefficient (Wildman–Crippen LogP) is 3.09. The summed E-state index contributed by atoms with van der Waals surface area (Å²) in [6.07, 6.45) is 0.552. The molecule has 2 aromatic carbocycles. The van der Waals surface area contributed by atoms with E-state index >= 15 is 0 Å². The average Bonchev–Trinajstić information content (AvgIpc) is 2.73. The van der Waals surface area contributed by atoms with Crippen molar-refractivity contribution in [2.24, 2.45) is 0 Å². The van der Waals surface area contributed by atoms with E-state index in [1.165, 1.54) is 7.11 Å². The Hall–Kier alpha value is -3.29. The highest BCUT2D eigenvalue weighted by atomic mass is 16.5. The van der Waals surface area contributed by atoms with Crippen LogP contribution in [0.1, 0.15) is 5.56 Å². The SMILES string of the molecule is COc1ccc(NC(=O)NCCc2cc(OC)c(OC)cc2OC)c(OC)c1. The molecule has 2 rings (SSSR count). The molecule has 0 aliphatic rings. The van der Waals surface area contributed by atoms with Crippen molar-refractivity contribution in [2.45, 2.75) is 6.42 Å². The second-order valence-electron chi connectivity index (χ2n) is 5.72. The van der Waals surface area contributed by atoms with Crippen molar-refractivity contribution < 1.29 is 28.5 Å². The van der Waals surface area contributed by atoms with Gasteiger partial charge in [-0.2, -0.15) is 0 Å². The van der Waals surface area contributed by atoms with Crippen LogP contribution in [0.25, 0.3) is 0 Å². The lowest BCUT2D eigenvalue weighted by atomic mass is 10.1. The number of benzene rings is 2. The number of amides is 2. The Bertz CT molecular complexity index is 810. The Labute approximate surface area is 164 Å². The van der Waals surface area contributed by atoms with Gasteiger partial charge in [-0.1, -0.05) is 0 Å². The van der Waals surface area contributed by atoms with E-state index in [-0.39, 0.29) is 6.03 Å². The van der Waals surface area contributed by atoms with Crippen LogP contribution in [-0.2, 0) is 6.42 Å². The molecule has 152 valence electrons. The zero-order chi connectivity index (χ0) is 20.5. The second kappa shape index (κ2) is 10.1. The van der Waals surface area contributed by atoms with E-state index in [2.05, 4.69) is 10.6 Å². The zero-order valence-corrected chi connectivity index (χ0v) is 16.8. The van der Waals surface area contributed by atoms with Crippen molar-refractivity contribution in [3.8, 4) is 28.7 Å². The number of carbonyl (C=O) groups is 1. The van der Waals surface area contributed by atoms with Crippen LogP contribution in [-0.4, -0.2) is 48.1 Å². The van der Waals surface area contributed by atoms with Gasteiger partial charge in [0.15, 0.2) is 11.5 Å². The first-order valence-electron chi connectivity index (χ1n) is 8.62. The van der Waals surface area contributed by atoms with E-state index in [1.54, 1.807) is 52.7 Å². The molecule has 0 saturated heterocycles. The van der Waals surface area contributed by atoms with Gasteiger partial charge in [-0.25, -0.2) is 4.79 Å². The lowest BCUT2D eigenvalue weighted by Crippen LogP contribution is -2.30. The van der Waals surface area contributed by atoms with Gasteiger partial charge in [0, 0.05) is 18.7 Å². The molecule has 0 aromatic heterocycles. The molecule has 0 aliphatic carbocycles. The van der Waals surface area contributed by atoms with Crippen molar-refractivity contribution in [1.29, 1.82) is 0 Å². The topological polar surface area (TPSA) is 87.3 Å². The maximum absolute atomic E-state index is 12.2. The highest BCUT2D eigenvalue weighted by Crippen LogP contribution is 2.34. The van der Waals surface area contributed by atoms with Gasteiger partial charge in [0.2, 0.25) is 0 Å². The van der Waals surface area contributed by atoms with Crippen LogP contribution in [0.3, 0.4) is 0 Å². The molecule has 2 aromatic rings. The van der Waals surface area contributed by atoms with E-state index in [4.69, 9.17) is 23.7 Å². The fourth-order valence-corrected chi connectivity index (χ4v) is 2.67. The number of nitrogens with one attached hydrogen (secondary N) is 2. The third kappa shape index (κ3) is 5.12. The molecule has 0 aliphatic heterocycles. The van der Waals surface area contributed by atoms with Gasteiger partial charge in [0.05, 0.1) is 41.2 Å². The van der Waals surface area contributed by atoms with E-state index < -0.39 is 0 Å². The normalized spacial score (nSPS) is 10.0. The highest BCUT2D eigenvalue weighted by Gasteiger charge is 2.13. The van der Waals surface area contributed by atoms with Crippen LogP contribution >= 0.6 is 0 Å². The number of rotatable bonds is 9. The van der Waals surface area contributed by atoms with Gasteiger partial charge in [-0.05, 0) is 30.2 Å². The quantitative estimate of drug-likeness (QED) is 0.684. The molecule has 0 fully saturated rings. The Morgan fingerprint density at radius 1 is 0.786 bits per heavy atom. The van der Waals surface area contributed by atoms with Crippen molar-refractivity contribution in [2.75, 3.05) is 47.4 Å². The minimum Gasteiger partial charge on any atom is -0.497 e. The number of anilines is 1. The van der Waals surface area contributed by atoms with Crippen LogP contribution in [0.4, 0.5) is 10.5 Å². The first kappa shape index (κ1) is 21.0. The van der Waals surface area contributed by atoms with Crippen LogP contribution in [0, 0.1) is 0 Å². The summed E-state index contributed by atoms with van der Waals surface area (Å²) in [6.45, 7) is 0.399. The predicted molar refractivity (Wildman–Crippen MR) is 106 cm³/mol. The van der Waals surface area contributed by atoms with E-state index in [9.17, 15) is 4.79 Å². The molecule has 2 N–H and O–H groups in total. The standard InChI is InChI=1S/C20H26N2O6/c1-24-14-6-7-15(17(11-14)26-3)22-20(23)21-9-8-13-10-18(27-4)19(28-5)12-16(13)25-2/h6-7,10-12H,8-9H2,1-5H3,(H2,21,22,23). The van der Waals surface area contributed by atoms with Crippen molar-refractivity contribution in [1.82, 2.24) is 5.32 Å². The minimum atomic E-state index is -0.345. The van der Waals surface area contributed by atoms with Crippen molar-refractivity contribution >= 4 is 11.7 Å². The van der Waals surface area contributed by atoms with Gasteiger partial charge in [0.25, 0.3) is 0 Å². The van der Waals surface area contributed by atoms with Gasteiger partial charge in [-0.15, -0.1) is 0 Å². The lowest BCUT2D eigenvalue weighted by Gasteiger charge is -2.15. The number of carbonyl (C=O) groups excluding carboxylic acids is 1. The van der Waals surface area contributed by atoms with Crippen LogP contribution in [0.2, 0.25) is 0 Å². The Morgan fingerprint density at radius 2 is 1.43 bits per heavy atom. The van der Waals surface area contributed by atoms with Crippen molar-refractivity contribution in [3.05, 3.63) is 35.9 Å². The molecule has 0 atom stereocenters. The monoisotopic (exact) mass is 390 g/mol. The van der Waals surface area contributed by atoms with E-state index in [1.807, 2.05) is 6.07 Å². The summed E-state index contributed by atoms with van der Waals surface area (Å²) >= 11 is 0. The van der Waals surface area contributed by atoms with Crippen LogP contribution < -0.4 is 34.3 Å². The summed E-state index contributed by atoms with van der Waals surface area (Å²) in [5.41, 5.74) is 1.44. The molecule has 8 heteroatoms. The Kier molecular flexibility index (Phi) is 7.62. The Morgan fingerprint density at radius 3 is 2.04 bits per heavy atom. The summed E-state index contributed by atoms with van der Waals surface area (Å²) in [6, 6.07) is 8.41. The molecule has 2 amide bonds. The van der Waals surface area contributed by atoms with Crippen LogP contribution in [0.15, 0.2) is 30.3 Å². The smallest absolute Gasteiger partial charge is 0.319 e. The average molecular weight is 390 g/mol. The van der Waals surface area contributed by atoms with Gasteiger partial charge in [-0.3, -0.25) is 0 Å². The number of ether oxygens (including phenoxy) is 5. The third-order valence-corrected chi connectivity index (χ3v) is 4.12. The lowest BCUT2D eigenvalue weighted by molar-refractivity contribution is 0.252. The van der Waals surface area contributed by atoms with E-state index in [0.717, 1.165) is 5.56 Å². The molecular formula is C20H26N2O6. The fourth-order valence-electron chi connectivity index (χ4n) is 2.67. The zero-order valence-electron chi connectivity index (χ0n) is 16.8. The first-order chi connectivity index (χ1) is 13.6. The molecule has 0 heterocycles. The summed E-state index contributed by atoms with van der Waals surface area (Å²) in [5, 5.41) is 5.57. The van der Waals surface area contributed by atoms with Crippen molar-refractivity contribution in [3.63, 3.8) is 0 Å². The van der Waals surface area contributed by atoms with Gasteiger partial charge in [0.1, 0.15) is 17.2 Å². The minimum absolute atomic E-state index is 0.345. The second-order valence-corrected chi connectivity index (χ2v) is 5.72. The summed E-state index contributed by atoms with van der Waals surface area (Å²) in [7, 11) is 7.82. The summed E-state index contributed by atoms with van der Waals surface area (Å²) < 4.78 is 26.4. The van der Waals surface area contributed by atoms with Gasteiger partial charge >= 0.3 is 6.03 Å². The molecule has 0 unspecified atom stereocenters. The number of hydrogen-bond donors (Lipinski definition) is 2. The number of hydrogen-bond acceptors (Lipinski definition) is 6. The van der Waals surface area contributed by atoms with Crippen LogP contribution in [0.5, 0.6) is 28.7 Å². The molecule has 8 nitrogen and oxygen atoms in total. The summed E-state index contributed by atoms with van der Waals surface area (Å²) in [4.78, 5) is 12.2. The molecule has 0 bridgehead atoms. The first-order valence-corrected chi connectivity index (χ1v) is 8.62. The van der Waals surface area contributed by atoms with Gasteiger partial charge < -0.3 is 34.3 Å². The van der Waals surface area contributed by atoms with E-state index in [0.29, 0.717) is 47.4 Å². The number of urea groups is 1. The summed E-state index contributed by atoms with van der Waals surface area (Å²) in [5.74, 6) is 3.00. The molecule has 0 spiro atoms. The largest absolute Gasteiger partial charge is 0.497 e. The maximum Gasteiger partial charge on any atom is 0.319 e. The Balaban J connectivity index is 1.99.